The van der Waals surface area contributed by atoms with Gasteiger partial charge in [-0.1, -0.05) is 13.3 Å². The molecule has 6 nitrogen and oxygen atoms in total. The number of hydrogen-bond donors (Lipinski definition) is 0. The molecule has 2 aliphatic rings. The highest BCUT2D eigenvalue weighted by molar-refractivity contribution is 7.99. The number of likely N-dealkylation sites (tertiary alicyclic amines) is 1. The second-order valence-corrected chi connectivity index (χ2v) is 10.4. The fraction of sp³-hybridized carbons (Fsp3) is 0.682. The Bertz CT molecular complexity index is 765. The number of nitrogens with zero attached hydrogens (tertiary/aromatic N) is 3. The minimum atomic E-state index is -0.332. The van der Waals surface area contributed by atoms with Crippen LogP contribution in [-0.4, -0.2) is 51.7 Å². The number of ether oxygens (including phenoxy) is 2. The quantitative estimate of drug-likeness (QED) is 0.640. The molecule has 7 heteroatoms. The first-order valence-electron chi connectivity index (χ1n) is 10.6. The number of pyridine rings is 1. The van der Waals surface area contributed by atoms with Crippen molar-refractivity contribution in [3.63, 3.8) is 0 Å². The summed E-state index contributed by atoms with van der Waals surface area (Å²) in [6, 6.07) is 4.10. The first-order valence-corrected chi connectivity index (χ1v) is 11.4. The summed E-state index contributed by atoms with van der Waals surface area (Å²) >= 11 is 1.59. The van der Waals surface area contributed by atoms with E-state index in [1.54, 1.807) is 16.8 Å². The normalized spacial score (nSPS) is 19.8. The molecule has 1 aromatic heterocycles. The number of rotatable bonds is 4. The van der Waals surface area contributed by atoms with E-state index in [2.05, 4.69) is 33.8 Å². The van der Waals surface area contributed by atoms with Crippen LogP contribution in [0, 0.1) is 0 Å². The van der Waals surface area contributed by atoms with Gasteiger partial charge >= 0.3 is 6.09 Å². The average molecular weight is 420 g/mol. The van der Waals surface area contributed by atoms with Crippen LogP contribution in [0.4, 0.5) is 4.79 Å². The van der Waals surface area contributed by atoms with E-state index in [0.29, 0.717) is 19.7 Å². The molecule has 0 N–H and O–H groups in total. The van der Waals surface area contributed by atoms with Crippen LogP contribution in [0.3, 0.4) is 0 Å². The molecule has 29 heavy (non-hydrogen) atoms. The van der Waals surface area contributed by atoms with Crippen LogP contribution in [0.1, 0.15) is 71.7 Å². The van der Waals surface area contributed by atoms with E-state index in [0.717, 1.165) is 55.0 Å². The maximum atomic E-state index is 12.1. The number of fused-ring (bicyclic) bond motifs is 1. The van der Waals surface area contributed by atoms with Gasteiger partial charge in [0.05, 0.1) is 12.3 Å². The zero-order chi connectivity index (χ0) is 21.1. The zero-order valence-corrected chi connectivity index (χ0v) is 19.1. The van der Waals surface area contributed by atoms with E-state index in [-0.39, 0.29) is 16.4 Å². The lowest BCUT2D eigenvalue weighted by Gasteiger charge is -2.44. The lowest BCUT2D eigenvalue weighted by atomic mass is 9.83. The molecule has 0 aliphatic carbocycles. The smallest absolute Gasteiger partial charge is 0.409 e. The van der Waals surface area contributed by atoms with E-state index in [1.165, 1.54) is 0 Å². The molecule has 1 fully saturated rings. The number of amides is 1. The summed E-state index contributed by atoms with van der Waals surface area (Å²) in [5.41, 5.74) is 2.64. The van der Waals surface area contributed by atoms with Gasteiger partial charge in [-0.3, -0.25) is 0 Å². The third-order valence-corrected chi connectivity index (χ3v) is 6.00. The second kappa shape index (κ2) is 8.94. The molecule has 1 amide bonds. The minimum Gasteiger partial charge on any atom is -0.484 e. The van der Waals surface area contributed by atoms with Crippen LogP contribution in [-0.2, 0) is 11.2 Å². The summed E-state index contributed by atoms with van der Waals surface area (Å²) in [6.45, 7) is 12.2. The maximum absolute atomic E-state index is 12.1. The molecule has 0 bridgehead atoms. The summed E-state index contributed by atoms with van der Waals surface area (Å²) < 4.78 is 16.6. The van der Waals surface area contributed by atoms with Crippen molar-refractivity contribution in [2.45, 2.75) is 77.1 Å². The minimum absolute atomic E-state index is 0.0347. The Morgan fingerprint density at radius 1 is 1.31 bits per heavy atom. The Morgan fingerprint density at radius 3 is 2.66 bits per heavy atom. The lowest BCUT2D eigenvalue weighted by molar-refractivity contribution is 0.00183. The van der Waals surface area contributed by atoms with Crippen molar-refractivity contribution < 1.29 is 14.3 Å². The Kier molecular flexibility index (Phi) is 6.76. The SMILES string of the molecule is CCCc1ccc2c(n1)/C(=N/SC(C)(C)C)CC1(CCN(C(=O)OCC)CC1)O2. The summed E-state index contributed by atoms with van der Waals surface area (Å²) in [7, 11) is 0. The molecule has 3 rings (SSSR count). The third-order valence-electron chi connectivity index (χ3n) is 5.14. The van der Waals surface area contributed by atoms with Gasteiger partial charge < -0.3 is 14.4 Å². The molecular formula is C22H33N3O3S. The van der Waals surface area contributed by atoms with Crippen LogP contribution in [0.5, 0.6) is 5.75 Å². The molecular weight excluding hydrogens is 386 g/mol. The van der Waals surface area contributed by atoms with E-state index in [4.69, 9.17) is 18.9 Å². The zero-order valence-electron chi connectivity index (χ0n) is 18.3. The molecule has 1 aromatic rings. The predicted molar refractivity (Wildman–Crippen MR) is 118 cm³/mol. The standard InChI is InChI=1S/C22H33N3O3S/c1-6-8-16-9-10-18-19(23-16)17(24-29-21(3,4)5)15-22(28-18)11-13-25(14-12-22)20(26)27-7-2/h9-10H,6-8,11-15H2,1-5H3/b24-17+. The number of aromatic nitrogens is 1. The van der Waals surface area contributed by atoms with Crippen molar-refractivity contribution in [3.8, 4) is 5.75 Å². The van der Waals surface area contributed by atoms with Gasteiger partial charge in [0.15, 0.2) is 0 Å². The molecule has 1 saturated heterocycles. The van der Waals surface area contributed by atoms with Gasteiger partial charge in [-0.15, -0.1) is 0 Å². The molecule has 0 unspecified atom stereocenters. The lowest BCUT2D eigenvalue weighted by Crippen LogP contribution is -2.52. The van der Waals surface area contributed by atoms with Gasteiger partial charge in [-0.05, 0) is 58.2 Å². The summed E-state index contributed by atoms with van der Waals surface area (Å²) in [5, 5.41) is 0. The number of hydrogen-bond acceptors (Lipinski definition) is 6. The molecule has 0 saturated carbocycles. The average Bonchev–Trinajstić information content (AvgIpc) is 2.67. The second-order valence-electron chi connectivity index (χ2n) is 8.79. The van der Waals surface area contributed by atoms with Crippen LogP contribution < -0.4 is 4.74 Å². The number of carbonyl (C=O) groups is 1. The van der Waals surface area contributed by atoms with Crippen molar-refractivity contribution in [2.24, 2.45) is 4.40 Å². The van der Waals surface area contributed by atoms with E-state index in [1.807, 2.05) is 13.0 Å². The van der Waals surface area contributed by atoms with Crippen molar-refractivity contribution in [3.05, 3.63) is 23.5 Å². The monoisotopic (exact) mass is 419 g/mol. The Morgan fingerprint density at radius 2 is 2.03 bits per heavy atom. The Labute approximate surface area is 178 Å². The van der Waals surface area contributed by atoms with Crippen molar-refractivity contribution in [1.29, 1.82) is 0 Å². The molecule has 0 atom stereocenters. The summed E-state index contributed by atoms with van der Waals surface area (Å²) in [6.07, 6.45) is 4.03. The van der Waals surface area contributed by atoms with Crippen LogP contribution in [0.25, 0.3) is 0 Å². The summed E-state index contributed by atoms with van der Waals surface area (Å²) in [5.74, 6) is 0.814. The number of carbonyl (C=O) groups excluding carboxylic acids is 1. The fourth-order valence-electron chi connectivity index (χ4n) is 3.69. The topological polar surface area (TPSA) is 64.0 Å². The Balaban J connectivity index is 1.85. The van der Waals surface area contributed by atoms with E-state index in [9.17, 15) is 4.79 Å². The first-order chi connectivity index (χ1) is 13.8. The number of piperidine rings is 1. The highest BCUT2D eigenvalue weighted by Crippen LogP contribution is 2.40. The molecule has 0 radical (unpaired) electrons. The number of aryl methyl sites for hydroxylation is 1. The predicted octanol–water partition coefficient (Wildman–Crippen LogP) is 5.04. The summed E-state index contributed by atoms with van der Waals surface area (Å²) in [4.78, 5) is 18.7. The van der Waals surface area contributed by atoms with Gasteiger partial charge in [0, 0.05) is 42.8 Å². The van der Waals surface area contributed by atoms with Crippen LogP contribution >= 0.6 is 11.9 Å². The third kappa shape index (κ3) is 5.44. The molecule has 3 heterocycles. The Hall–Kier alpha value is -1.76. The molecule has 0 aromatic carbocycles. The van der Waals surface area contributed by atoms with Crippen molar-refractivity contribution in [1.82, 2.24) is 9.88 Å². The van der Waals surface area contributed by atoms with Gasteiger partial charge in [0.2, 0.25) is 0 Å². The highest BCUT2D eigenvalue weighted by Gasteiger charge is 2.43. The van der Waals surface area contributed by atoms with Gasteiger partial charge in [-0.25, -0.2) is 14.2 Å². The van der Waals surface area contributed by atoms with Gasteiger partial charge in [0.25, 0.3) is 0 Å². The van der Waals surface area contributed by atoms with Crippen LogP contribution in [0.2, 0.25) is 0 Å². The molecule has 1 spiro atoms. The van der Waals surface area contributed by atoms with Gasteiger partial charge in [-0.2, -0.15) is 0 Å². The van der Waals surface area contributed by atoms with E-state index >= 15 is 0 Å². The highest BCUT2D eigenvalue weighted by atomic mass is 32.2. The molecule has 160 valence electrons. The first kappa shape index (κ1) is 21.9. The van der Waals surface area contributed by atoms with Crippen molar-refractivity contribution >= 4 is 23.8 Å². The fourth-order valence-corrected chi connectivity index (χ4v) is 4.22. The van der Waals surface area contributed by atoms with Crippen LogP contribution in [0.15, 0.2) is 16.5 Å². The molecule has 2 aliphatic heterocycles. The van der Waals surface area contributed by atoms with Gasteiger partial charge in [0.1, 0.15) is 17.0 Å². The van der Waals surface area contributed by atoms with Crippen molar-refractivity contribution in [2.75, 3.05) is 19.7 Å². The van der Waals surface area contributed by atoms with E-state index < -0.39 is 0 Å². The maximum Gasteiger partial charge on any atom is 0.409 e. The largest absolute Gasteiger partial charge is 0.484 e.